The van der Waals surface area contributed by atoms with Gasteiger partial charge in [-0.3, -0.25) is 9.69 Å². The summed E-state index contributed by atoms with van der Waals surface area (Å²) in [5.74, 6) is -0.645. The van der Waals surface area contributed by atoms with Crippen molar-refractivity contribution in [1.82, 2.24) is 4.90 Å². The Morgan fingerprint density at radius 1 is 1.38 bits per heavy atom. The van der Waals surface area contributed by atoms with Crippen molar-refractivity contribution in [3.05, 3.63) is 0 Å². The lowest BCUT2D eigenvalue weighted by Gasteiger charge is -2.39. The number of piperidine rings is 1. The molecule has 1 atom stereocenters. The predicted molar refractivity (Wildman–Crippen MR) is 65.5 cm³/mol. The second-order valence-electron chi connectivity index (χ2n) is 5.70. The fraction of sp³-hybridized carbons (Fsp3) is 0.923. The average Bonchev–Trinajstić information content (AvgIpc) is 2.20. The van der Waals surface area contributed by atoms with Crippen LogP contribution in [0, 0.1) is 5.41 Å². The first-order valence-corrected chi connectivity index (χ1v) is 6.43. The van der Waals surface area contributed by atoms with Gasteiger partial charge in [0.05, 0.1) is 0 Å². The number of hydrogen-bond donors (Lipinski definition) is 1. The summed E-state index contributed by atoms with van der Waals surface area (Å²) in [6.45, 7) is 8.53. The summed E-state index contributed by atoms with van der Waals surface area (Å²) in [7, 11) is 0. The van der Waals surface area contributed by atoms with Crippen molar-refractivity contribution in [2.45, 2.75) is 58.9 Å². The molecule has 1 rings (SSSR count). The lowest BCUT2D eigenvalue weighted by molar-refractivity contribution is -0.144. The van der Waals surface area contributed by atoms with Crippen molar-refractivity contribution in [2.75, 3.05) is 13.1 Å². The molecule has 1 aliphatic rings. The van der Waals surface area contributed by atoms with Crippen molar-refractivity contribution in [2.24, 2.45) is 5.41 Å². The highest BCUT2D eigenvalue weighted by atomic mass is 16.4. The number of unbranched alkanes of at least 4 members (excludes halogenated alkanes) is 1. The molecule has 0 saturated carbocycles. The molecule has 0 bridgehead atoms. The molecule has 1 N–H and O–H groups in total. The molecule has 1 saturated heterocycles. The lowest BCUT2D eigenvalue weighted by Crippen LogP contribution is -2.47. The Hall–Kier alpha value is -0.570. The van der Waals surface area contributed by atoms with Gasteiger partial charge in [-0.05, 0) is 37.8 Å². The molecule has 1 heterocycles. The Morgan fingerprint density at radius 3 is 2.38 bits per heavy atom. The van der Waals surface area contributed by atoms with Crippen LogP contribution in [0.25, 0.3) is 0 Å². The predicted octanol–water partition coefficient (Wildman–Crippen LogP) is 2.75. The van der Waals surface area contributed by atoms with Gasteiger partial charge < -0.3 is 5.11 Å². The summed E-state index contributed by atoms with van der Waals surface area (Å²) in [4.78, 5) is 13.4. The van der Waals surface area contributed by atoms with Crippen molar-refractivity contribution < 1.29 is 9.90 Å². The fourth-order valence-corrected chi connectivity index (χ4v) is 2.30. The van der Waals surface area contributed by atoms with Gasteiger partial charge in [0.15, 0.2) is 0 Å². The van der Waals surface area contributed by atoms with Gasteiger partial charge in [-0.2, -0.15) is 0 Å². The molecular formula is C13H25NO2. The molecule has 0 amide bonds. The molecule has 0 aliphatic carbocycles. The van der Waals surface area contributed by atoms with Gasteiger partial charge >= 0.3 is 5.97 Å². The SMILES string of the molecule is CCCCC(C(=O)O)N1CCC(C)(C)CC1. The highest BCUT2D eigenvalue weighted by Crippen LogP contribution is 2.31. The molecule has 3 heteroatoms. The molecule has 1 aliphatic heterocycles. The number of carboxylic acid groups (broad SMARTS) is 1. The van der Waals surface area contributed by atoms with Crippen LogP contribution in [0.5, 0.6) is 0 Å². The quantitative estimate of drug-likeness (QED) is 0.785. The van der Waals surface area contributed by atoms with Crippen molar-refractivity contribution in [3.8, 4) is 0 Å². The second kappa shape index (κ2) is 5.67. The lowest BCUT2D eigenvalue weighted by atomic mass is 9.82. The molecule has 0 aromatic rings. The Labute approximate surface area is 98.8 Å². The van der Waals surface area contributed by atoms with Gasteiger partial charge in [0.2, 0.25) is 0 Å². The smallest absolute Gasteiger partial charge is 0.320 e. The maximum atomic E-state index is 11.2. The molecule has 94 valence electrons. The first kappa shape index (κ1) is 13.5. The molecule has 0 spiro atoms. The van der Waals surface area contributed by atoms with E-state index in [1.807, 2.05) is 0 Å². The minimum Gasteiger partial charge on any atom is -0.480 e. The first-order chi connectivity index (χ1) is 7.46. The first-order valence-electron chi connectivity index (χ1n) is 6.43. The number of hydrogen-bond acceptors (Lipinski definition) is 2. The number of rotatable bonds is 5. The van der Waals surface area contributed by atoms with Crippen LogP contribution in [0.3, 0.4) is 0 Å². The highest BCUT2D eigenvalue weighted by Gasteiger charge is 2.31. The molecule has 1 fully saturated rings. The summed E-state index contributed by atoms with van der Waals surface area (Å²) in [6, 6.07) is -0.254. The van der Waals surface area contributed by atoms with E-state index in [4.69, 9.17) is 0 Å². The van der Waals surface area contributed by atoms with E-state index in [0.29, 0.717) is 5.41 Å². The van der Waals surface area contributed by atoms with Crippen molar-refractivity contribution in [1.29, 1.82) is 0 Å². The zero-order chi connectivity index (χ0) is 12.2. The van der Waals surface area contributed by atoms with E-state index < -0.39 is 5.97 Å². The van der Waals surface area contributed by atoms with Crippen LogP contribution in [-0.2, 0) is 4.79 Å². The third kappa shape index (κ3) is 3.78. The van der Waals surface area contributed by atoms with Crippen molar-refractivity contribution >= 4 is 5.97 Å². The van der Waals surface area contributed by atoms with Crippen LogP contribution in [0.2, 0.25) is 0 Å². The van der Waals surface area contributed by atoms with E-state index in [0.717, 1.165) is 45.2 Å². The third-order valence-electron chi connectivity index (χ3n) is 3.71. The average molecular weight is 227 g/mol. The summed E-state index contributed by atoms with van der Waals surface area (Å²) in [6.07, 6.45) is 5.11. The van der Waals surface area contributed by atoms with Gasteiger partial charge in [-0.25, -0.2) is 0 Å². The normalized spacial score (nSPS) is 22.9. The van der Waals surface area contributed by atoms with E-state index in [9.17, 15) is 9.90 Å². The van der Waals surface area contributed by atoms with Crippen LogP contribution >= 0.6 is 0 Å². The van der Waals surface area contributed by atoms with Gasteiger partial charge in [-0.1, -0.05) is 33.6 Å². The summed E-state index contributed by atoms with van der Waals surface area (Å²) in [5.41, 5.74) is 0.393. The van der Waals surface area contributed by atoms with Crippen LogP contribution < -0.4 is 0 Å². The van der Waals surface area contributed by atoms with E-state index in [1.165, 1.54) is 0 Å². The van der Waals surface area contributed by atoms with Gasteiger partial charge in [0.25, 0.3) is 0 Å². The van der Waals surface area contributed by atoms with E-state index >= 15 is 0 Å². The summed E-state index contributed by atoms with van der Waals surface area (Å²) >= 11 is 0. The maximum Gasteiger partial charge on any atom is 0.320 e. The van der Waals surface area contributed by atoms with Gasteiger partial charge in [-0.15, -0.1) is 0 Å². The number of carbonyl (C=O) groups is 1. The zero-order valence-electron chi connectivity index (χ0n) is 10.8. The highest BCUT2D eigenvalue weighted by molar-refractivity contribution is 5.73. The van der Waals surface area contributed by atoms with Crippen LogP contribution in [0.1, 0.15) is 52.9 Å². The van der Waals surface area contributed by atoms with E-state index in [2.05, 4.69) is 25.7 Å². The monoisotopic (exact) mass is 227 g/mol. The van der Waals surface area contributed by atoms with Gasteiger partial charge in [0.1, 0.15) is 6.04 Å². The summed E-state index contributed by atoms with van der Waals surface area (Å²) in [5, 5.41) is 9.24. The zero-order valence-corrected chi connectivity index (χ0v) is 10.8. The molecule has 3 nitrogen and oxygen atoms in total. The largest absolute Gasteiger partial charge is 0.480 e. The minimum atomic E-state index is -0.645. The van der Waals surface area contributed by atoms with E-state index in [1.54, 1.807) is 0 Å². The van der Waals surface area contributed by atoms with E-state index in [-0.39, 0.29) is 6.04 Å². The number of aliphatic carboxylic acids is 1. The standard InChI is InChI=1S/C13H25NO2/c1-4-5-6-11(12(15)16)14-9-7-13(2,3)8-10-14/h11H,4-10H2,1-3H3,(H,15,16). The van der Waals surface area contributed by atoms with Crippen LogP contribution in [-0.4, -0.2) is 35.1 Å². The molecular weight excluding hydrogens is 202 g/mol. The van der Waals surface area contributed by atoms with Crippen LogP contribution in [0.15, 0.2) is 0 Å². The molecule has 1 unspecified atom stereocenters. The van der Waals surface area contributed by atoms with Crippen LogP contribution in [0.4, 0.5) is 0 Å². The second-order valence-corrected chi connectivity index (χ2v) is 5.70. The Bertz CT molecular complexity index is 228. The van der Waals surface area contributed by atoms with Crippen molar-refractivity contribution in [3.63, 3.8) is 0 Å². The molecule has 16 heavy (non-hydrogen) atoms. The third-order valence-corrected chi connectivity index (χ3v) is 3.71. The van der Waals surface area contributed by atoms with Gasteiger partial charge in [0, 0.05) is 0 Å². The topological polar surface area (TPSA) is 40.5 Å². The fourth-order valence-electron chi connectivity index (χ4n) is 2.30. The number of carboxylic acids is 1. The minimum absolute atomic E-state index is 0.254. The number of likely N-dealkylation sites (tertiary alicyclic amines) is 1. The molecule has 0 aromatic heterocycles. The Morgan fingerprint density at radius 2 is 1.94 bits per heavy atom. The maximum absolute atomic E-state index is 11.2. The molecule has 0 radical (unpaired) electrons. The Kier molecular flexibility index (Phi) is 4.78. The number of nitrogens with zero attached hydrogens (tertiary/aromatic N) is 1. The Balaban J connectivity index is 2.50. The molecule has 0 aromatic carbocycles. The summed E-state index contributed by atoms with van der Waals surface area (Å²) < 4.78 is 0.